The van der Waals surface area contributed by atoms with Gasteiger partial charge in [-0.25, -0.2) is 0 Å². The van der Waals surface area contributed by atoms with Crippen LogP contribution in [0.25, 0.3) is 0 Å². The summed E-state index contributed by atoms with van der Waals surface area (Å²) in [6, 6.07) is 2.08. The minimum Gasteiger partial charge on any atom is -0.466 e. The van der Waals surface area contributed by atoms with Gasteiger partial charge in [-0.3, -0.25) is 14.4 Å². The standard InChI is InChI=1S/C20H28N2O4S/c1-2-26-19(25)16-4-3-10-22(13-16)18(24)6-9-20(8-5-17(23)21-20)12-15-7-11-27-14-15/h7,11,14,16H,2-6,8-10,12-13H2,1H3,(H,21,23)/t16-,20-/m0/s1. The first-order valence-electron chi connectivity index (χ1n) is 9.78. The summed E-state index contributed by atoms with van der Waals surface area (Å²) in [6.45, 7) is 3.31. The fourth-order valence-corrected chi connectivity index (χ4v) is 4.80. The van der Waals surface area contributed by atoms with Crippen LogP contribution < -0.4 is 5.32 Å². The number of nitrogens with one attached hydrogen (secondary N) is 1. The fraction of sp³-hybridized carbons (Fsp3) is 0.650. The van der Waals surface area contributed by atoms with Crippen molar-refractivity contribution in [2.45, 2.75) is 57.4 Å². The van der Waals surface area contributed by atoms with Gasteiger partial charge in [-0.2, -0.15) is 11.3 Å². The first-order chi connectivity index (χ1) is 13.0. The quantitative estimate of drug-likeness (QED) is 0.724. The zero-order chi connectivity index (χ0) is 19.3. The Morgan fingerprint density at radius 2 is 2.30 bits per heavy atom. The minimum atomic E-state index is -0.329. The van der Waals surface area contributed by atoms with Crippen LogP contribution in [-0.4, -0.2) is 47.9 Å². The molecule has 1 N–H and O–H groups in total. The monoisotopic (exact) mass is 392 g/mol. The Morgan fingerprint density at radius 3 is 2.96 bits per heavy atom. The molecule has 7 heteroatoms. The molecule has 0 aromatic carbocycles. The molecular formula is C20H28N2O4S. The molecule has 3 heterocycles. The van der Waals surface area contributed by atoms with Gasteiger partial charge in [0.05, 0.1) is 12.5 Å². The number of rotatable bonds is 7. The Labute approximate surface area is 164 Å². The zero-order valence-corrected chi connectivity index (χ0v) is 16.7. The third-order valence-corrected chi connectivity index (χ3v) is 6.30. The van der Waals surface area contributed by atoms with Gasteiger partial charge in [0, 0.05) is 31.5 Å². The average Bonchev–Trinajstić information content (AvgIpc) is 3.30. The molecule has 0 bridgehead atoms. The van der Waals surface area contributed by atoms with E-state index in [4.69, 9.17) is 4.74 Å². The third kappa shape index (κ3) is 5.09. The normalized spacial score (nSPS) is 25.3. The molecule has 0 saturated carbocycles. The van der Waals surface area contributed by atoms with E-state index in [1.54, 1.807) is 23.2 Å². The largest absolute Gasteiger partial charge is 0.466 e. The number of nitrogens with zero attached hydrogens (tertiary/aromatic N) is 1. The van der Waals surface area contributed by atoms with Crippen molar-refractivity contribution in [2.75, 3.05) is 19.7 Å². The van der Waals surface area contributed by atoms with E-state index in [1.165, 1.54) is 5.56 Å². The van der Waals surface area contributed by atoms with Crippen LogP contribution in [-0.2, 0) is 25.5 Å². The first kappa shape index (κ1) is 19.9. The van der Waals surface area contributed by atoms with Crippen LogP contribution in [0.3, 0.4) is 0 Å². The van der Waals surface area contributed by atoms with E-state index in [-0.39, 0.29) is 29.2 Å². The minimum absolute atomic E-state index is 0.0647. The van der Waals surface area contributed by atoms with Crippen molar-refractivity contribution in [3.8, 4) is 0 Å². The van der Waals surface area contributed by atoms with Crippen molar-refractivity contribution in [1.29, 1.82) is 0 Å². The Morgan fingerprint density at radius 1 is 1.44 bits per heavy atom. The van der Waals surface area contributed by atoms with Crippen molar-refractivity contribution in [3.05, 3.63) is 22.4 Å². The highest BCUT2D eigenvalue weighted by atomic mass is 32.1. The van der Waals surface area contributed by atoms with E-state index in [1.807, 2.05) is 5.38 Å². The second-order valence-corrected chi connectivity index (χ2v) is 8.35. The van der Waals surface area contributed by atoms with Crippen molar-refractivity contribution < 1.29 is 19.1 Å². The molecular weight excluding hydrogens is 364 g/mol. The number of carbonyl (C=O) groups excluding carboxylic acids is 3. The van der Waals surface area contributed by atoms with Gasteiger partial charge in [-0.05, 0) is 61.4 Å². The molecule has 2 atom stereocenters. The summed E-state index contributed by atoms with van der Waals surface area (Å²) in [4.78, 5) is 38.4. The highest BCUT2D eigenvalue weighted by molar-refractivity contribution is 7.07. The molecule has 0 aliphatic carbocycles. The lowest BCUT2D eigenvalue weighted by atomic mass is 9.85. The highest BCUT2D eigenvalue weighted by Gasteiger charge is 2.38. The predicted molar refractivity (Wildman–Crippen MR) is 103 cm³/mol. The number of ether oxygens (including phenoxy) is 1. The number of amides is 2. The summed E-state index contributed by atoms with van der Waals surface area (Å²) in [6.07, 6.45) is 4.68. The summed E-state index contributed by atoms with van der Waals surface area (Å²) < 4.78 is 5.11. The summed E-state index contributed by atoms with van der Waals surface area (Å²) in [5.41, 5.74) is 0.874. The molecule has 2 saturated heterocycles. The Hall–Kier alpha value is -1.89. The van der Waals surface area contributed by atoms with E-state index in [0.717, 1.165) is 25.7 Å². The van der Waals surface area contributed by atoms with Gasteiger partial charge >= 0.3 is 5.97 Å². The average molecular weight is 393 g/mol. The van der Waals surface area contributed by atoms with Crippen LogP contribution in [0, 0.1) is 5.92 Å². The summed E-state index contributed by atoms with van der Waals surface area (Å²) >= 11 is 1.64. The topological polar surface area (TPSA) is 75.7 Å². The van der Waals surface area contributed by atoms with Gasteiger partial charge in [0.2, 0.25) is 11.8 Å². The lowest BCUT2D eigenvalue weighted by molar-refractivity contribution is -0.151. The van der Waals surface area contributed by atoms with Crippen LogP contribution in [0.15, 0.2) is 16.8 Å². The molecule has 2 aliphatic heterocycles. The van der Waals surface area contributed by atoms with Crippen molar-refractivity contribution in [2.24, 2.45) is 5.92 Å². The van der Waals surface area contributed by atoms with Crippen LogP contribution in [0.2, 0.25) is 0 Å². The Bertz CT molecular complexity index is 676. The van der Waals surface area contributed by atoms with Gasteiger partial charge in [0.15, 0.2) is 0 Å². The van der Waals surface area contributed by atoms with E-state index in [2.05, 4.69) is 16.8 Å². The van der Waals surface area contributed by atoms with Crippen molar-refractivity contribution >= 4 is 29.1 Å². The highest BCUT2D eigenvalue weighted by Crippen LogP contribution is 2.31. The summed E-state index contributed by atoms with van der Waals surface area (Å²) in [5, 5.41) is 7.26. The molecule has 27 heavy (non-hydrogen) atoms. The smallest absolute Gasteiger partial charge is 0.310 e. The molecule has 6 nitrogen and oxygen atoms in total. The maximum Gasteiger partial charge on any atom is 0.310 e. The summed E-state index contributed by atoms with van der Waals surface area (Å²) in [7, 11) is 0. The van der Waals surface area contributed by atoms with E-state index in [9.17, 15) is 14.4 Å². The molecule has 1 aromatic heterocycles. The first-order valence-corrected chi connectivity index (χ1v) is 10.7. The number of hydrogen-bond donors (Lipinski definition) is 1. The van der Waals surface area contributed by atoms with E-state index < -0.39 is 0 Å². The van der Waals surface area contributed by atoms with Gasteiger partial charge in [-0.15, -0.1) is 0 Å². The zero-order valence-electron chi connectivity index (χ0n) is 15.9. The lowest BCUT2D eigenvalue weighted by Gasteiger charge is -2.33. The molecule has 2 fully saturated rings. The molecule has 2 aliphatic rings. The SMILES string of the molecule is CCOC(=O)[C@H]1CCCN(C(=O)CC[C@]2(Cc3ccsc3)CCC(=O)N2)C1. The maximum absolute atomic E-state index is 12.8. The molecule has 0 radical (unpaired) electrons. The van der Waals surface area contributed by atoms with E-state index >= 15 is 0 Å². The van der Waals surface area contributed by atoms with Gasteiger partial charge in [0.1, 0.15) is 0 Å². The van der Waals surface area contributed by atoms with Crippen molar-refractivity contribution in [1.82, 2.24) is 10.2 Å². The molecule has 3 rings (SSSR count). The predicted octanol–water partition coefficient (Wildman–Crippen LogP) is 2.52. The molecule has 148 valence electrons. The van der Waals surface area contributed by atoms with Crippen LogP contribution in [0.5, 0.6) is 0 Å². The van der Waals surface area contributed by atoms with Gasteiger partial charge < -0.3 is 15.0 Å². The Kier molecular flexibility index (Phi) is 6.52. The second-order valence-electron chi connectivity index (χ2n) is 7.57. The van der Waals surface area contributed by atoms with Crippen LogP contribution >= 0.6 is 11.3 Å². The second kappa shape index (κ2) is 8.87. The molecule has 1 aromatic rings. The number of thiophene rings is 1. The number of piperidine rings is 1. The van der Waals surface area contributed by atoms with E-state index in [0.29, 0.717) is 39.0 Å². The Balaban J connectivity index is 1.57. The number of likely N-dealkylation sites (tertiary alicyclic amines) is 1. The van der Waals surface area contributed by atoms with Gasteiger partial charge in [-0.1, -0.05) is 0 Å². The van der Waals surface area contributed by atoms with Gasteiger partial charge in [0.25, 0.3) is 0 Å². The fourth-order valence-electron chi connectivity index (χ4n) is 4.13. The molecule has 2 amide bonds. The van der Waals surface area contributed by atoms with Crippen molar-refractivity contribution in [3.63, 3.8) is 0 Å². The maximum atomic E-state index is 12.8. The summed E-state index contributed by atoms with van der Waals surface area (Å²) in [5.74, 6) is -0.284. The number of esters is 1. The number of carbonyl (C=O) groups is 3. The third-order valence-electron chi connectivity index (χ3n) is 5.57. The van der Waals surface area contributed by atoms with Crippen LogP contribution in [0.4, 0.5) is 0 Å². The molecule has 0 spiro atoms. The lowest BCUT2D eigenvalue weighted by Crippen LogP contribution is -2.46. The number of hydrogen-bond acceptors (Lipinski definition) is 5. The van der Waals surface area contributed by atoms with Crippen LogP contribution in [0.1, 0.15) is 51.0 Å². The molecule has 0 unspecified atom stereocenters.